The van der Waals surface area contributed by atoms with E-state index in [2.05, 4.69) is 193 Å². The second kappa shape index (κ2) is 23.8. The largest absolute Gasteiger partial charge is 0.387 e. The number of para-hydroxylation sites is 1. The zero-order valence-electron chi connectivity index (χ0n) is 35.6. The second-order valence-electron chi connectivity index (χ2n) is 13.7. The molecule has 0 bridgehead atoms. The van der Waals surface area contributed by atoms with E-state index in [0.29, 0.717) is 6.04 Å². The predicted octanol–water partition coefficient (Wildman–Crippen LogP) is 13.1. The molecule has 0 radical (unpaired) electrons. The average molecular weight is 770 g/mol. The van der Waals surface area contributed by atoms with Crippen LogP contribution in [-0.4, -0.2) is 25.2 Å². The van der Waals surface area contributed by atoms with Crippen molar-refractivity contribution in [2.45, 2.75) is 46.6 Å². The van der Waals surface area contributed by atoms with E-state index in [-0.39, 0.29) is 0 Å². The maximum atomic E-state index is 4.50. The molecule has 8 rings (SSSR count). The number of rotatable bonds is 8. The van der Waals surface area contributed by atoms with E-state index in [1.807, 2.05) is 51.4 Å². The molecule has 0 saturated heterocycles. The van der Waals surface area contributed by atoms with Crippen LogP contribution in [0, 0.1) is 6.92 Å². The zero-order chi connectivity index (χ0) is 41.7. The lowest BCUT2D eigenvalue weighted by Crippen LogP contribution is -2.19. The lowest BCUT2D eigenvalue weighted by Gasteiger charge is -2.23. The Morgan fingerprint density at radius 1 is 0.793 bits per heavy atom. The number of hydrogen-bond acceptors (Lipinski definition) is 4. The summed E-state index contributed by atoms with van der Waals surface area (Å²) in [7, 11) is 5.68. The summed E-state index contributed by atoms with van der Waals surface area (Å²) in [5, 5.41) is 11.6. The van der Waals surface area contributed by atoms with E-state index in [1.54, 1.807) is 6.08 Å². The van der Waals surface area contributed by atoms with Crippen LogP contribution in [0.3, 0.4) is 0 Å². The van der Waals surface area contributed by atoms with Crippen LogP contribution >= 0.6 is 0 Å². The van der Waals surface area contributed by atoms with Crippen LogP contribution in [0.25, 0.3) is 32.6 Å². The van der Waals surface area contributed by atoms with Gasteiger partial charge < -0.3 is 25.8 Å². The number of hydrogen-bond donors (Lipinski definition) is 3. The fourth-order valence-corrected chi connectivity index (χ4v) is 7.16. The molecule has 2 aliphatic rings. The van der Waals surface area contributed by atoms with Crippen LogP contribution in [0.1, 0.15) is 50.8 Å². The van der Waals surface area contributed by atoms with E-state index in [4.69, 9.17) is 0 Å². The number of aryl methyl sites for hydroxylation is 2. The molecule has 5 heteroatoms. The summed E-state index contributed by atoms with van der Waals surface area (Å²) in [4.78, 5) is 2.25. The third-order valence-electron chi connectivity index (χ3n) is 9.94. The van der Waals surface area contributed by atoms with Crippen LogP contribution in [0.5, 0.6) is 0 Å². The first-order valence-corrected chi connectivity index (χ1v) is 20.4. The minimum atomic E-state index is 0.371. The highest BCUT2D eigenvalue weighted by molar-refractivity contribution is 6.21. The van der Waals surface area contributed by atoms with E-state index in [9.17, 15) is 0 Å². The molecule has 6 aromatic rings. The minimum absolute atomic E-state index is 0.371. The first-order valence-electron chi connectivity index (χ1n) is 20.4. The van der Waals surface area contributed by atoms with E-state index >= 15 is 0 Å². The van der Waals surface area contributed by atoms with Gasteiger partial charge in [-0.2, -0.15) is 0 Å². The number of fused-ring (bicyclic) bond motifs is 5. The molecule has 1 atom stereocenters. The molecule has 4 N–H and O–H groups in total. The Balaban J connectivity index is 0.000000235. The van der Waals surface area contributed by atoms with Gasteiger partial charge in [-0.15, -0.1) is 0 Å². The lowest BCUT2D eigenvalue weighted by atomic mass is 9.93. The molecule has 1 unspecified atom stereocenters. The quantitative estimate of drug-likeness (QED) is 0.135. The van der Waals surface area contributed by atoms with Crippen molar-refractivity contribution in [2.75, 3.05) is 25.5 Å². The van der Waals surface area contributed by atoms with Crippen LogP contribution < -0.4 is 21.3 Å². The highest BCUT2D eigenvalue weighted by Gasteiger charge is 2.16. The molecule has 300 valence electrons. The minimum Gasteiger partial charge on any atom is -0.387 e. The number of benzene rings is 5. The maximum Gasteiger partial charge on any atom is 0.0536 e. The Morgan fingerprint density at radius 2 is 1.53 bits per heavy atom. The van der Waals surface area contributed by atoms with E-state index in [1.165, 1.54) is 67.6 Å². The van der Waals surface area contributed by atoms with Crippen molar-refractivity contribution in [2.24, 2.45) is 12.8 Å². The Bertz CT molecular complexity index is 2390. The molecular formula is C53H63N5. The Morgan fingerprint density at radius 3 is 2.19 bits per heavy atom. The molecule has 1 aromatic heterocycles. The molecule has 0 spiro atoms. The monoisotopic (exact) mass is 770 g/mol. The molecule has 2 heterocycles. The van der Waals surface area contributed by atoms with Gasteiger partial charge in [0.25, 0.3) is 0 Å². The number of likely N-dealkylation sites (N-methyl/N-ethyl adjacent to an activating group) is 1. The summed E-state index contributed by atoms with van der Waals surface area (Å²) >= 11 is 0. The summed E-state index contributed by atoms with van der Waals surface area (Å²) in [6.45, 7) is 13.0. The summed E-state index contributed by atoms with van der Waals surface area (Å²) < 4.78 is 2.30. The van der Waals surface area contributed by atoms with Gasteiger partial charge in [0.15, 0.2) is 0 Å². The molecule has 1 aliphatic carbocycles. The third-order valence-corrected chi connectivity index (χ3v) is 9.94. The smallest absolute Gasteiger partial charge is 0.0536 e. The highest BCUT2D eigenvalue weighted by Crippen LogP contribution is 2.38. The van der Waals surface area contributed by atoms with Gasteiger partial charge >= 0.3 is 0 Å². The third kappa shape index (κ3) is 11.5. The standard InChI is InChI=1S/C30H26N2.C14H17N.C6H9N.C2H6.CH5N/c1-4-5-6-11-20-32(27-15-10-7-12-22(27)2)24-17-18-26-29(21-24)31(3)28-19-16-23-13-8-9-14-25(23)30(26)28;1-15-14(12-8-4-2-5-9-12)13-10-6-3-7-11-13;1-6-3-2-4-7-5-6;2*1-2/h4-21H,1H2,2-3H3;2-6,8-10,14-15H,7,11H2,1H3;2-4,7H,5H2,1H3;1-2H3;2H2,1H3/b6-5-,20-11-;;;;. The number of nitrogens with one attached hydrogen (secondary N) is 2. The normalized spacial score (nSPS) is 13.4. The topological polar surface area (TPSA) is 58.2 Å². The summed E-state index contributed by atoms with van der Waals surface area (Å²) in [6, 6.07) is 39.3. The summed E-state index contributed by atoms with van der Waals surface area (Å²) in [5.41, 5.74) is 14.7. The Kier molecular flexibility index (Phi) is 18.3. The molecular weight excluding hydrogens is 707 g/mol. The Hall–Kier alpha value is -6.14. The fourth-order valence-electron chi connectivity index (χ4n) is 7.16. The van der Waals surface area contributed by atoms with Crippen molar-refractivity contribution in [1.82, 2.24) is 15.2 Å². The predicted molar refractivity (Wildman–Crippen MR) is 257 cm³/mol. The molecule has 0 saturated carbocycles. The van der Waals surface area contributed by atoms with Gasteiger partial charge in [-0.1, -0.05) is 153 Å². The van der Waals surface area contributed by atoms with Gasteiger partial charge in [-0.3, -0.25) is 0 Å². The van der Waals surface area contributed by atoms with Gasteiger partial charge in [0.1, 0.15) is 0 Å². The van der Waals surface area contributed by atoms with Crippen molar-refractivity contribution < 1.29 is 0 Å². The van der Waals surface area contributed by atoms with Gasteiger partial charge in [0.05, 0.1) is 11.6 Å². The molecule has 58 heavy (non-hydrogen) atoms. The van der Waals surface area contributed by atoms with Gasteiger partial charge in [0.2, 0.25) is 0 Å². The molecule has 5 nitrogen and oxygen atoms in total. The first-order chi connectivity index (χ1) is 28.5. The van der Waals surface area contributed by atoms with Crippen molar-refractivity contribution >= 4 is 44.0 Å². The lowest BCUT2D eigenvalue weighted by molar-refractivity contribution is 0.645. The van der Waals surface area contributed by atoms with Crippen LogP contribution in [-0.2, 0) is 7.05 Å². The van der Waals surface area contributed by atoms with Crippen LogP contribution in [0.15, 0.2) is 194 Å². The number of nitrogens with two attached hydrogens (primary N) is 1. The Labute approximate surface area is 348 Å². The number of anilines is 2. The van der Waals surface area contributed by atoms with E-state index in [0.717, 1.165) is 25.1 Å². The van der Waals surface area contributed by atoms with Crippen molar-refractivity contribution in [3.05, 3.63) is 205 Å². The molecule has 1 aliphatic heterocycles. The van der Waals surface area contributed by atoms with Crippen LogP contribution in [0.2, 0.25) is 0 Å². The van der Waals surface area contributed by atoms with Gasteiger partial charge in [-0.25, -0.2) is 0 Å². The van der Waals surface area contributed by atoms with Crippen LogP contribution in [0.4, 0.5) is 11.4 Å². The van der Waals surface area contributed by atoms with Crippen molar-refractivity contribution in [1.29, 1.82) is 0 Å². The molecule has 0 amide bonds. The maximum absolute atomic E-state index is 4.50. The average Bonchev–Trinajstić information content (AvgIpc) is 3.58. The zero-order valence-corrected chi connectivity index (χ0v) is 35.6. The van der Waals surface area contributed by atoms with Gasteiger partial charge in [-0.05, 0) is 111 Å². The fraction of sp³-hybridized carbons (Fsp3) is 0.208. The summed E-state index contributed by atoms with van der Waals surface area (Å²) in [6.07, 6.45) is 24.9. The van der Waals surface area contributed by atoms with Crippen molar-refractivity contribution in [3.63, 3.8) is 0 Å². The first kappa shape index (κ1) is 44.6. The number of allylic oxidation sites excluding steroid dienone is 9. The highest BCUT2D eigenvalue weighted by atomic mass is 15.1. The summed E-state index contributed by atoms with van der Waals surface area (Å²) in [5.74, 6) is 0. The molecule has 5 aromatic carbocycles. The second-order valence-corrected chi connectivity index (χ2v) is 13.7. The number of nitrogens with zero attached hydrogens (tertiary/aromatic N) is 2. The number of aromatic nitrogens is 1. The van der Waals surface area contributed by atoms with E-state index < -0.39 is 0 Å². The SMILES string of the molecule is C=C/C=C\C=C/N(c1ccc2c3c4ccccc4ccc3n(C)c2c1)c1ccccc1C.CC.CC1=CC=CNC1.CN.CNC(C1=CC=CCC1)c1ccccc1. The van der Waals surface area contributed by atoms with Crippen molar-refractivity contribution in [3.8, 4) is 0 Å². The molecule has 0 fully saturated rings. The van der Waals surface area contributed by atoms with Gasteiger partial charge in [0, 0.05) is 47.5 Å². The number of dihydropyridines is 1.